The van der Waals surface area contributed by atoms with E-state index in [1.807, 2.05) is 6.92 Å². The van der Waals surface area contributed by atoms with Crippen LogP contribution in [0.25, 0.3) is 0 Å². The van der Waals surface area contributed by atoms with Gasteiger partial charge in [0.05, 0.1) is 5.02 Å². The van der Waals surface area contributed by atoms with Gasteiger partial charge in [-0.15, -0.1) is 0 Å². The van der Waals surface area contributed by atoms with E-state index in [9.17, 15) is 4.39 Å². The minimum absolute atomic E-state index is 0.0573. The summed E-state index contributed by atoms with van der Waals surface area (Å²) in [6, 6.07) is 3.06. The molecule has 0 aliphatic rings. The molecule has 1 rings (SSSR count). The predicted molar refractivity (Wildman–Crippen MR) is 75.0 cm³/mol. The molecule has 0 bridgehead atoms. The molecule has 96 valence electrons. The quantitative estimate of drug-likeness (QED) is 0.777. The van der Waals surface area contributed by atoms with Crippen LogP contribution in [0, 0.1) is 11.2 Å². The van der Waals surface area contributed by atoms with Gasteiger partial charge < -0.3 is 5.32 Å². The first-order chi connectivity index (χ1) is 7.77. The third-order valence-corrected chi connectivity index (χ3v) is 3.82. The number of hydrogen-bond donors (Lipinski definition) is 1. The van der Waals surface area contributed by atoms with Gasteiger partial charge in [-0.25, -0.2) is 4.39 Å². The molecule has 0 saturated carbocycles. The molecule has 0 saturated heterocycles. The molecule has 0 spiro atoms. The van der Waals surface area contributed by atoms with E-state index in [4.69, 9.17) is 11.6 Å². The van der Waals surface area contributed by atoms with Crippen LogP contribution in [0.3, 0.4) is 0 Å². The molecular weight excluding hydrogens is 305 g/mol. The first kappa shape index (κ1) is 14.9. The average molecular weight is 323 g/mol. The Hall–Kier alpha value is -0.120. The normalized spacial score (nSPS) is 13.8. The van der Waals surface area contributed by atoms with Crippen molar-refractivity contribution in [3.63, 3.8) is 0 Å². The molecule has 0 aromatic heterocycles. The molecule has 1 nitrogen and oxygen atoms in total. The largest absolute Gasteiger partial charge is 0.310 e. The van der Waals surface area contributed by atoms with Gasteiger partial charge >= 0.3 is 0 Å². The highest BCUT2D eigenvalue weighted by molar-refractivity contribution is 9.10. The van der Waals surface area contributed by atoms with E-state index in [-0.39, 0.29) is 17.3 Å². The van der Waals surface area contributed by atoms with E-state index in [0.29, 0.717) is 15.1 Å². The van der Waals surface area contributed by atoms with Gasteiger partial charge in [0.25, 0.3) is 0 Å². The Morgan fingerprint density at radius 1 is 1.41 bits per heavy atom. The van der Waals surface area contributed by atoms with Crippen LogP contribution < -0.4 is 5.32 Å². The van der Waals surface area contributed by atoms with Crippen molar-refractivity contribution >= 4 is 27.5 Å². The number of rotatable bonds is 3. The zero-order chi connectivity index (χ0) is 13.2. The number of benzene rings is 1. The lowest BCUT2D eigenvalue weighted by molar-refractivity contribution is 0.270. The van der Waals surface area contributed by atoms with Crippen LogP contribution in [-0.2, 0) is 0 Å². The van der Waals surface area contributed by atoms with Crippen molar-refractivity contribution in [2.24, 2.45) is 5.41 Å². The lowest BCUT2D eigenvalue weighted by atomic mass is 9.82. The maximum Gasteiger partial charge on any atom is 0.129 e. The van der Waals surface area contributed by atoms with E-state index < -0.39 is 0 Å². The topological polar surface area (TPSA) is 12.0 Å². The Morgan fingerprint density at radius 2 is 2.00 bits per heavy atom. The summed E-state index contributed by atoms with van der Waals surface area (Å²) in [4.78, 5) is 0. The summed E-state index contributed by atoms with van der Waals surface area (Å²) in [6.45, 7) is 9.04. The van der Waals surface area contributed by atoms with Gasteiger partial charge in [0.1, 0.15) is 5.82 Å². The van der Waals surface area contributed by atoms with Crippen LogP contribution in [0.15, 0.2) is 16.6 Å². The Kier molecular flexibility index (Phi) is 4.99. The van der Waals surface area contributed by atoms with E-state index in [1.54, 1.807) is 6.07 Å². The second-order valence-electron chi connectivity index (χ2n) is 5.14. The fraction of sp³-hybridized carbons (Fsp3) is 0.538. The Labute approximate surface area is 116 Å². The maximum absolute atomic E-state index is 14.0. The molecule has 0 heterocycles. The van der Waals surface area contributed by atoms with Crippen LogP contribution in [0.1, 0.15) is 39.3 Å². The second-order valence-corrected chi connectivity index (χ2v) is 6.41. The van der Waals surface area contributed by atoms with E-state index in [1.165, 1.54) is 6.07 Å². The summed E-state index contributed by atoms with van der Waals surface area (Å²) in [5, 5.41) is 3.85. The molecule has 0 aliphatic carbocycles. The minimum Gasteiger partial charge on any atom is -0.310 e. The monoisotopic (exact) mass is 321 g/mol. The van der Waals surface area contributed by atoms with Crippen molar-refractivity contribution in [3.05, 3.63) is 33.0 Å². The van der Waals surface area contributed by atoms with Crippen LogP contribution in [0.2, 0.25) is 5.02 Å². The summed E-state index contributed by atoms with van der Waals surface area (Å²) < 4.78 is 14.6. The first-order valence-electron chi connectivity index (χ1n) is 5.65. The molecule has 0 radical (unpaired) electrons. The standard InChI is InChI=1S/C13H18BrClFN/c1-5-17-12(13(2,3)4)8-6-10(15)9(14)7-11(8)16/h6-7,12,17H,5H2,1-4H3. The lowest BCUT2D eigenvalue weighted by Crippen LogP contribution is -2.32. The average Bonchev–Trinajstić information content (AvgIpc) is 2.19. The van der Waals surface area contributed by atoms with Crippen molar-refractivity contribution in [1.29, 1.82) is 0 Å². The molecule has 17 heavy (non-hydrogen) atoms. The Bertz CT molecular complexity index is 401. The fourth-order valence-corrected chi connectivity index (χ4v) is 2.33. The van der Waals surface area contributed by atoms with Crippen molar-refractivity contribution in [2.75, 3.05) is 6.54 Å². The molecule has 4 heteroatoms. The SMILES string of the molecule is CCNC(c1cc(Cl)c(Br)cc1F)C(C)(C)C. The highest BCUT2D eigenvalue weighted by Gasteiger charge is 2.28. The molecule has 1 N–H and O–H groups in total. The maximum atomic E-state index is 14.0. The van der Waals surface area contributed by atoms with E-state index >= 15 is 0 Å². The van der Waals surface area contributed by atoms with Gasteiger partial charge in [-0.2, -0.15) is 0 Å². The molecule has 1 aromatic rings. The first-order valence-corrected chi connectivity index (χ1v) is 6.82. The fourth-order valence-electron chi connectivity index (χ4n) is 1.85. The third kappa shape index (κ3) is 3.67. The molecule has 0 amide bonds. The van der Waals surface area contributed by atoms with Crippen LogP contribution in [0.4, 0.5) is 4.39 Å². The second kappa shape index (κ2) is 5.68. The van der Waals surface area contributed by atoms with Gasteiger partial charge in [0.15, 0.2) is 0 Å². The van der Waals surface area contributed by atoms with Crippen molar-refractivity contribution in [3.8, 4) is 0 Å². The van der Waals surface area contributed by atoms with Crippen molar-refractivity contribution in [1.82, 2.24) is 5.32 Å². The van der Waals surface area contributed by atoms with Crippen molar-refractivity contribution in [2.45, 2.75) is 33.7 Å². The van der Waals surface area contributed by atoms with Gasteiger partial charge in [-0.3, -0.25) is 0 Å². The van der Waals surface area contributed by atoms with Gasteiger partial charge in [0.2, 0.25) is 0 Å². The van der Waals surface area contributed by atoms with Crippen LogP contribution in [-0.4, -0.2) is 6.54 Å². The summed E-state index contributed by atoms with van der Waals surface area (Å²) in [7, 11) is 0. The lowest BCUT2D eigenvalue weighted by Gasteiger charge is -2.32. The highest BCUT2D eigenvalue weighted by Crippen LogP contribution is 2.37. The molecule has 1 atom stereocenters. The highest BCUT2D eigenvalue weighted by atomic mass is 79.9. The summed E-state index contributed by atoms with van der Waals surface area (Å²) >= 11 is 9.27. The number of halogens is 3. The van der Waals surface area contributed by atoms with Gasteiger partial charge in [-0.1, -0.05) is 39.3 Å². The molecule has 1 aromatic carbocycles. The Morgan fingerprint density at radius 3 is 2.47 bits per heavy atom. The molecule has 0 aliphatic heterocycles. The molecular formula is C13H18BrClFN. The van der Waals surface area contributed by atoms with E-state index in [0.717, 1.165) is 6.54 Å². The van der Waals surface area contributed by atoms with Crippen molar-refractivity contribution < 1.29 is 4.39 Å². The number of hydrogen-bond acceptors (Lipinski definition) is 1. The minimum atomic E-state index is -0.234. The van der Waals surface area contributed by atoms with Gasteiger partial charge in [-0.05, 0) is 40.0 Å². The third-order valence-electron chi connectivity index (χ3n) is 2.62. The van der Waals surface area contributed by atoms with Crippen LogP contribution in [0.5, 0.6) is 0 Å². The van der Waals surface area contributed by atoms with Crippen LogP contribution >= 0.6 is 27.5 Å². The van der Waals surface area contributed by atoms with Gasteiger partial charge in [0, 0.05) is 16.1 Å². The summed E-state index contributed by atoms with van der Waals surface area (Å²) in [6.07, 6.45) is 0. The Balaban J connectivity index is 3.23. The summed E-state index contributed by atoms with van der Waals surface area (Å²) in [5.74, 6) is -0.234. The summed E-state index contributed by atoms with van der Waals surface area (Å²) in [5.41, 5.74) is 0.543. The predicted octanol–water partition coefficient (Wildman–Crippen LogP) is 4.94. The zero-order valence-corrected chi connectivity index (χ0v) is 12.9. The zero-order valence-electron chi connectivity index (χ0n) is 10.6. The van der Waals surface area contributed by atoms with E-state index in [2.05, 4.69) is 42.0 Å². The number of nitrogens with one attached hydrogen (secondary N) is 1. The smallest absolute Gasteiger partial charge is 0.129 e. The molecule has 0 fully saturated rings. The molecule has 1 unspecified atom stereocenters.